The van der Waals surface area contributed by atoms with Crippen molar-refractivity contribution in [1.29, 1.82) is 0 Å². The van der Waals surface area contributed by atoms with Crippen molar-refractivity contribution in [2.75, 3.05) is 43.8 Å². The van der Waals surface area contributed by atoms with Gasteiger partial charge in [-0.25, -0.2) is 4.98 Å². The summed E-state index contributed by atoms with van der Waals surface area (Å²) in [5.41, 5.74) is 3.75. The molecule has 1 aromatic heterocycles. The van der Waals surface area contributed by atoms with Gasteiger partial charge >= 0.3 is 0 Å². The summed E-state index contributed by atoms with van der Waals surface area (Å²) in [6, 6.07) is 15.3. The Morgan fingerprint density at radius 2 is 1.85 bits per heavy atom. The SMILES string of the molecule is COc1cc2c(cc1OC(C)C)[C@H](c1ccc(Cl)cc1)N(c1ccc(N(C)C[C@H]3CC[C@H](NCC(=O)NCO)CC3)cn1)C(=O)C2. The van der Waals surface area contributed by atoms with Gasteiger partial charge in [0.2, 0.25) is 11.8 Å². The minimum atomic E-state index is -0.427. The molecule has 2 aromatic carbocycles. The topological polar surface area (TPSA) is 116 Å². The minimum absolute atomic E-state index is 0.0502. The number of ether oxygens (including phenoxy) is 2. The number of benzene rings is 2. The van der Waals surface area contributed by atoms with E-state index in [4.69, 9.17) is 31.2 Å². The number of nitrogens with zero attached hydrogens (tertiary/aromatic N) is 3. The maximum Gasteiger partial charge on any atom is 0.235 e. The van der Waals surface area contributed by atoms with Crippen LogP contribution < -0.4 is 29.9 Å². The summed E-state index contributed by atoms with van der Waals surface area (Å²) in [6.07, 6.45) is 6.13. The summed E-state index contributed by atoms with van der Waals surface area (Å²) in [7, 11) is 3.68. The summed E-state index contributed by atoms with van der Waals surface area (Å²) in [6.45, 7) is 4.71. The third-order valence-corrected chi connectivity index (χ3v) is 9.02. The molecule has 0 saturated heterocycles. The van der Waals surface area contributed by atoms with E-state index in [-0.39, 0.29) is 37.6 Å². The van der Waals surface area contributed by atoms with E-state index in [0.717, 1.165) is 54.6 Å². The molecule has 2 amide bonds. The van der Waals surface area contributed by atoms with Crippen LogP contribution in [0.4, 0.5) is 11.5 Å². The molecule has 3 aromatic rings. The average Bonchev–Trinajstić information content (AvgIpc) is 3.04. The van der Waals surface area contributed by atoms with E-state index in [0.29, 0.717) is 34.3 Å². The number of pyridine rings is 1. The number of halogens is 1. The summed E-state index contributed by atoms with van der Waals surface area (Å²) in [5, 5.41) is 15.2. The van der Waals surface area contributed by atoms with Gasteiger partial charge in [-0.05, 0) is 98.5 Å². The lowest BCUT2D eigenvalue weighted by Gasteiger charge is -2.37. The van der Waals surface area contributed by atoms with Crippen molar-refractivity contribution in [1.82, 2.24) is 15.6 Å². The van der Waals surface area contributed by atoms with Crippen LogP contribution in [0.15, 0.2) is 54.7 Å². The number of carbonyl (C=O) groups is 2. The number of hydrogen-bond acceptors (Lipinski definition) is 8. The van der Waals surface area contributed by atoms with Gasteiger partial charge in [-0.15, -0.1) is 0 Å². The van der Waals surface area contributed by atoms with Gasteiger partial charge in [0.1, 0.15) is 12.5 Å². The number of fused-ring (bicyclic) bond motifs is 1. The fourth-order valence-corrected chi connectivity index (χ4v) is 6.60. The van der Waals surface area contributed by atoms with Crippen LogP contribution in [-0.2, 0) is 16.0 Å². The second-order valence-corrected chi connectivity index (χ2v) is 12.8. The first-order valence-electron chi connectivity index (χ1n) is 15.9. The molecule has 1 atom stereocenters. The van der Waals surface area contributed by atoms with Crippen LogP contribution in [0.2, 0.25) is 5.02 Å². The predicted octanol–water partition coefficient (Wildman–Crippen LogP) is 4.86. The second-order valence-electron chi connectivity index (χ2n) is 12.4. The zero-order valence-electron chi connectivity index (χ0n) is 27.0. The van der Waals surface area contributed by atoms with E-state index in [9.17, 15) is 9.59 Å². The number of rotatable bonds is 12. The van der Waals surface area contributed by atoms with Crippen LogP contribution in [0.3, 0.4) is 0 Å². The molecular formula is C35H44ClN5O5. The van der Waals surface area contributed by atoms with Gasteiger partial charge in [-0.3, -0.25) is 14.5 Å². The molecule has 10 nitrogen and oxygen atoms in total. The molecule has 46 heavy (non-hydrogen) atoms. The van der Waals surface area contributed by atoms with E-state index in [1.165, 1.54) is 0 Å². The van der Waals surface area contributed by atoms with Crippen LogP contribution in [0.5, 0.6) is 11.5 Å². The second kappa shape index (κ2) is 15.2. The van der Waals surface area contributed by atoms with Gasteiger partial charge in [0.15, 0.2) is 11.5 Å². The van der Waals surface area contributed by atoms with Gasteiger partial charge in [-0.1, -0.05) is 23.7 Å². The number of nitrogens with one attached hydrogen (secondary N) is 2. The van der Waals surface area contributed by atoms with Crippen LogP contribution in [0.1, 0.15) is 62.3 Å². The van der Waals surface area contributed by atoms with Gasteiger partial charge < -0.3 is 30.1 Å². The van der Waals surface area contributed by atoms with Crippen molar-refractivity contribution in [2.24, 2.45) is 5.92 Å². The number of hydrogen-bond donors (Lipinski definition) is 3. The molecule has 1 aliphatic carbocycles. The molecule has 246 valence electrons. The highest BCUT2D eigenvalue weighted by Gasteiger charge is 2.37. The zero-order valence-corrected chi connectivity index (χ0v) is 27.7. The molecule has 0 unspecified atom stereocenters. The quantitative estimate of drug-likeness (QED) is 0.238. The number of carbonyl (C=O) groups excluding carboxylic acids is 2. The molecule has 2 aliphatic rings. The Kier molecular flexibility index (Phi) is 11.0. The molecule has 0 bridgehead atoms. The van der Waals surface area contributed by atoms with Crippen LogP contribution in [0.25, 0.3) is 0 Å². The molecule has 0 spiro atoms. The van der Waals surface area contributed by atoms with E-state index in [2.05, 4.69) is 22.6 Å². The molecule has 2 heterocycles. The maximum absolute atomic E-state index is 13.8. The summed E-state index contributed by atoms with van der Waals surface area (Å²) < 4.78 is 11.7. The van der Waals surface area contributed by atoms with E-state index in [1.54, 1.807) is 12.0 Å². The highest BCUT2D eigenvalue weighted by Crippen LogP contribution is 2.43. The van der Waals surface area contributed by atoms with Gasteiger partial charge in [0.05, 0.1) is 44.1 Å². The number of amides is 2. The predicted molar refractivity (Wildman–Crippen MR) is 180 cm³/mol. The number of aromatic nitrogens is 1. The van der Waals surface area contributed by atoms with Crippen molar-refractivity contribution in [3.8, 4) is 11.5 Å². The summed E-state index contributed by atoms with van der Waals surface area (Å²) in [5.74, 6) is 2.09. The smallest absolute Gasteiger partial charge is 0.235 e. The molecule has 5 rings (SSSR count). The third-order valence-electron chi connectivity index (χ3n) is 8.76. The standard InChI is InChI=1S/C35H44ClN5O5/c1-22(2)46-31-17-29-25(15-30(31)45-4)16-34(44)41(35(29)24-7-9-26(36)10-8-24)32-14-13-28(18-38-32)40(3)20-23-5-11-27(12-6-23)37-19-33(43)39-21-42/h7-10,13-15,17-18,22-23,27,35,37,42H,5-6,11-12,16,19-21H2,1-4H3,(H,39,43)/t23-,27-,35-/m0/s1. The molecule has 11 heteroatoms. The number of methoxy groups -OCH3 is 1. The number of aliphatic hydroxyl groups is 1. The fourth-order valence-electron chi connectivity index (χ4n) is 6.47. The minimum Gasteiger partial charge on any atom is -0.493 e. The lowest BCUT2D eigenvalue weighted by Crippen LogP contribution is -2.42. The number of anilines is 2. The Balaban J connectivity index is 1.33. The molecular weight excluding hydrogens is 606 g/mol. The lowest BCUT2D eigenvalue weighted by molar-refractivity contribution is -0.121. The van der Waals surface area contributed by atoms with Crippen molar-refractivity contribution in [3.63, 3.8) is 0 Å². The molecule has 1 saturated carbocycles. The highest BCUT2D eigenvalue weighted by molar-refractivity contribution is 6.30. The van der Waals surface area contributed by atoms with Crippen LogP contribution in [-0.4, -0.2) is 68.0 Å². The van der Waals surface area contributed by atoms with Crippen LogP contribution >= 0.6 is 11.6 Å². The van der Waals surface area contributed by atoms with Gasteiger partial charge in [0, 0.05) is 24.7 Å². The molecule has 1 fully saturated rings. The summed E-state index contributed by atoms with van der Waals surface area (Å²) in [4.78, 5) is 34.3. The van der Waals surface area contributed by atoms with E-state index < -0.39 is 6.04 Å². The van der Waals surface area contributed by atoms with Gasteiger partial charge in [-0.2, -0.15) is 0 Å². The van der Waals surface area contributed by atoms with Gasteiger partial charge in [0.25, 0.3) is 0 Å². The molecule has 3 N–H and O–H groups in total. The lowest BCUT2D eigenvalue weighted by atomic mass is 9.85. The first-order valence-corrected chi connectivity index (χ1v) is 16.3. The Morgan fingerprint density at radius 1 is 1.11 bits per heavy atom. The summed E-state index contributed by atoms with van der Waals surface area (Å²) >= 11 is 6.26. The Labute approximate surface area is 276 Å². The maximum atomic E-state index is 13.8. The van der Waals surface area contributed by atoms with Crippen LogP contribution in [0, 0.1) is 5.92 Å². The Morgan fingerprint density at radius 3 is 2.48 bits per heavy atom. The Bertz CT molecular complexity index is 1490. The van der Waals surface area contributed by atoms with Crippen molar-refractivity contribution in [2.45, 2.75) is 64.1 Å². The van der Waals surface area contributed by atoms with Crippen molar-refractivity contribution >= 4 is 34.9 Å². The molecule has 1 aliphatic heterocycles. The van der Waals surface area contributed by atoms with Crippen molar-refractivity contribution < 1.29 is 24.2 Å². The fraction of sp³-hybridized carbons (Fsp3) is 0.457. The molecule has 0 radical (unpaired) electrons. The highest BCUT2D eigenvalue weighted by atomic mass is 35.5. The number of aliphatic hydroxyl groups excluding tert-OH is 1. The van der Waals surface area contributed by atoms with E-state index >= 15 is 0 Å². The first-order chi connectivity index (χ1) is 22.2. The largest absolute Gasteiger partial charge is 0.493 e. The zero-order chi connectivity index (χ0) is 32.8. The average molecular weight is 650 g/mol. The normalized spacial score (nSPS) is 19.5. The monoisotopic (exact) mass is 649 g/mol. The van der Waals surface area contributed by atoms with Crippen molar-refractivity contribution in [3.05, 3.63) is 76.4 Å². The first kappa shape index (κ1) is 33.5. The third kappa shape index (κ3) is 7.92. The van der Waals surface area contributed by atoms with E-state index in [1.807, 2.05) is 68.6 Å². The Hall–Kier alpha value is -3.86.